The van der Waals surface area contributed by atoms with Crippen LogP contribution in [0.1, 0.15) is 107 Å². The van der Waals surface area contributed by atoms with Crippen molar-refractivity contribution in [1.29, 1.82) is 0 Å². The Hall–Kier alpha value is -2.33. The molecule has 296 valence electrons. The largest absolute Gasteiger partial charge is 0.411 e. The van der Waals surface area contributed by atoms with Gasteiger partial charge in [-0.05, 0) is 105 Å². The lowest BCUT2D eigenvalue weighted by molar-refractivity contribution is -0.0277. The van der Waals surface area contributed by atoms with Gasteiger partial charge >= 0.3 is 0 Å². The molecule has 0 radical (unpaired) electrons. The second-order valence-corrected chi connectivity index (χ2v) is 26.0. The summed E-state index contributed by atoms with van der Waals surface area (Å²) in [7, 11) is -3.97. The number of allylic oxidation sites excluding steroid dienone is 2. The second kappa shape index (κ2) is 22.9. The SMILES string of the molecule is C=CC[C@H](OCc1ccccc1)/C(C)=C/[C@H](CC)[C@@H](O[Si](CC)(CC)CC)/C(C)=C/C(C)=C/C[C@H](O[Si](C)(C)C(C)(C)C)[C@@H](C)OCc1ccccc1. The zero-order chi connectivity index (χ0) is 39.7. The van der Waals surface area contributed by atoms with Crippen LogP contribution in [-0.2, 0) is 31.5 Å². The molecule has 0 bridgehead atoms. The van der Waals surface area contributed by atoms with E-state index in [9.17, 15) is 0 Å². The molecule has 0 spiro atoms. The molecule has 0 heterocycles. The van der Waals surface area contributed by atoms with Crippen LogP contribution in [0.4, 0.5) is 0 Å². The molecule has 0 aliphatic heterocycles. The standard InChI is InChI=1S/C47H76O4Si2/c1-15-26-44(49-36-42-29-24-21-25-30-42)38(7)34-43(16-2)46(51-53(17-3,18-4)19-5)39(8)33-37(6)31-32-45(50-52(13,14)47(10,11)12)40(9)48-35-41-27-22-20-23-28-41/h15,20-25,27-31,33-34,40,43-46H,1,16-19,26,32,35-36H2,2-14H3/b37-31+,38-34+,39-33+/t40-,43+,44+,45+,46+/m1/s1. The van der Waals surface area contributed by atoms with Crippen LogP contribution in [0.5, 0.6) is 0 Å². The highest BCUT2D eigenvalue weighted by atomic mass is 28.4. The van der Waals surface area contributed by atoms with Gasteiger partial charge < -0.3 is 18.3 Å². The van der Waals surface area contributed by atoms with E-state index in [-0.39, 0.29) is 35.4 Å². The van der Waals surface area contributed by atoms with Gasteiger partial charge in [-0.2, -0.15) is 0 Å². The van der Waals surface area contributed by atoms with Crippen molar-refractivity contribution in [1.82, 2.24) is 0 Å². The van der Waals surface area contributed by atoms with Crippen LogP contribution in [0, 0.1) is 5.92 Å². The van der Waals surface area contributed by atoms with E-state index in [1.54, 1.807) is 0 Å². The third kappa shape index (κ3) is 15.4. The monoisotopic (exact) mass is 761 g/mol. The summed E-state index contributed by atoms with van der Waals surface area (Å²) < 4.78 is 27.4. The molecule has 0 N–H and O–H groups in total. The summed E-state index contributed by atoms with van der Waals surface area (Å²) in [6.07, 6.45) is 11.6. The number of ether oxygens (including phenoxy) is 2. The maximum Gasteiger partial charge on any atom is 0.192 e. The van der Waals surface area contributed by atoms with Gasteiger partial charge in [-0.1, -0.05) is 139 Å². The van der Waals surface area contributed by atoms with Crippen LogP contribution in [-0.4, -0.2) is 41.1 Å². The maximum atomic E-state index is 7.41. The Morgan fingerprint density at radius 2 is 1.28 bits per heavy atom. The number of benzene rings is 2. The molecule has 0 aromatic heterocycles. The zero-order valence-corrected chi connectivity index (χ0v) is 38.0. The normalized spacial score (nSPS) is 16.6. The predicted octanol–water partition coefficient (Wildman–Crippen LogP) is 13.8. The van der Waals surface area contributed by atoms with E-state index in [0.717, 1.165) is 37.4 Å². The van der Waals surface area contributed by atoms with Crippen molar-refractivity contribution in [3.63, 3.8) is 0 Å². The van der Waals surface area contributed by atoms with Gasteiger partial charge in [-0.15, -0.1) is 6.58 Å². The Balaban J connectivity index is 2.45. The highest BCUT2D eigenvalue weighted by Gasteiger charge is 2.40. The van der Waals surface area contributed by atoms with Crippen LogP contribution in [0.25, 0.3) is 0 Å². The summed E-state index contributed by atoms with van der Waals surface area (Å²) in [5.41, 5.74) is 6.12. The van der Waals surface area contributed by atoms with Crippen LogP contribution < -0.4 is 0 Å². The number of hydrogen-bond acceptors (Lipinski definition) is 4. The van der Waals surface area contributed by atoms with Gasteiger partial charge in [-0.25, -0.2) is 0 Å². The van der Waals surface area contributed by atoms with E-state index in [1.165, 1.54) is 27.8 Å². The summed E-state index contributed by atoms with van der Waals surface area (Å²) in [5.74, 6) is 0.226. The first-order valence-corrected chi connectivity index (χ1v) is 25.8. The third-order valence-electron chi connectivity index (χ3n) is 11.5. The lowest BCUT2D eigenvalue weighted by Gasteiger charge is -2.40. The van der Waals surface area contributed by atoms with Gasteiger partial charge in [0.05, 0.1) is 37.6 Å². The van der Waals surface area contributed by atoms with Crippen molar-refractivity contribution < 1.29 is 18.3 Å². The number of rotatable bonds is 24. The quantitative estimate of drug-likeness (QED) is 0.0607. The van der Waals surface area contributed by atoms with Crippen molar-refractivity contribution in [3.05, 3.63) is 119 Å². The second-order valence-electron chi connectivity index (χ2n) is 16.6. The molecule has 4 nitrogen and oxygen atoms in total. The van der Waals surface area contributed by atoms with E-state index in [2.05, 4.69) is 163 Å². The third-order valence-corrected chi connectivity index (χ3v) is 20.7. The van der Waals surface area contributed by atoms with Gasteiger partial charge in [0.15, 0.2) is 16.6 Å². The molecule has 0 unspecified atom stereocenters. The highest BCUT2D eigenvalue weighted by molar-refractivity contribution is 6.74. The molecule has 0 fully saturated rings. The molecular formula is C47H76O4Si2. The molecule has 5 atom stereocenters. The molecule has 2 rings (SSSR count). The van der Waals surface area contributed by atoms with E-state index >= 15 is 0 Å². The average Bonchev–Trinajstić information content (AvgIpc) is 3.14. The summed E-state index contributed by atoms with van der Waals surface area (Å²) >= 11 is 0. The molecule has 0 aliphatic rings. The van der Waals surface area contributed by atoms with Gasteiger partial charge in [-0.3, -0.25) is 0 Å². The smallest absolute Gasteiger partial charge is 0.192 e. The Labute approximate surface area is 328 Å². The van der Waals surface area contributed by atoms with Gasteiger partial charge in [0.2, 0.25) is 0 Å². The minimum absolute atomic E-state index is 0.00395. The molecule has 2 aromatic carbocycles. The molecule has 0 saturated heterocycles. The Kier molecular flexibility index (Phi) is 20.2. The van der Waals surface area contributed by atoms with Crippen molar-refractivity contribution in [2.45, 2.75) is 169 Å². The van der Waals surface area contributed by atoms with Crippen molar-refractivity contribution in [3.8, 4) is 0 Å². The minimum atomic E-state index is -2.04. The van der Waals surface area contributed by atoms with Crippen molar-refractivity contribution in [2.75, 3.05) is 0 Å². The van der Waals surface area contributed by atoms with Crippen LogP contribution in [0.3, 0.4) is 0 Å². The Morgan fingerprint density at radius 1 is 0.755 bits per heavy atom. The molecule has 0 aliphatic carbocycles. The Bertz CT molecular complexity index is 1410. The van der Waals surface area contributed by atoms with E-state index in [1.807, 2.05) is 18.2 Å². The predicted molar refractivity (Wildman–Crippen MR) is 234 cm³/mol. The van der Waals surface area contributed by atoms with E-state index in [0.29, 0.717) is 13.2 Å². The van der Waals surface area contributed by atoms with Crippen molar-refractivity contribution in [2.24, 2.45) is 5.92 Å². The summed E-state index contributed by atoms with van der Waals surface area (Å²) in [4.78, 5) is 0. The zero-order valence-electron chi connectivity index (χ0n) is 36.0. The first kappa shape index (κ1) is 46.8. The average molecular weight is 761 g/mol. The van der Waals surface area contributed by atoms with Crippen molar-refractivity contribution >= 4 is 16.6 Å². The van der Waals surface area contributed by atoms with E-state index in [4.69, 9.17) is 18.3 Å². The summed E-state index contributed by atoms with van der Waals surface area (Å²) in [5, 5.41) is 0.108. The summed E-state index contributed by atoms with van der Waals surface area (Å²) in [6.45, 7) is 35.0. The maximum absolute atomic E-state index is 7.41. The fourth-order valence-corrected chi connectivity index (χ4v) is 10.9. The lowest BCUT2D eigenvalue weighted by Crippen LogP contribution is -2.47. The first-order chi connectivity index (χ1) is 25.0. The fraction of sp³-hybridized carbons (Fsp3) is 0.574. The molecule has 0 saturated carbocycles. The van der Waals surface area contributed by atoms with Gasteiger partial charge in [0.25, 0.3) is 0 Å². The first-order valence-electron chi connectivity index (χ1n) is 20.4. The molecule has 53 heavy (non-hydrogen) atoms. The van der Waals surface area contributed by atoms with Crippen LogP contribution >= 0.6 is 0 Å². The highest BCUT2D eigenvalue weighted by Crippen LogP contribution is 2.38. The summed E-state index contributed by atoms with van der Waals surface area (Å²) in [6, 6.07) is 24.2. The lowest BCUT2D eigenvalue weighted by atomic mass is 9.90. The fourth-order valence-electron chi connectivity index (χ4n) is 6.56. The topological polar surface area (TPSA) is 36.9 Å². The molecular weight excluding hydrogens is 685 g/mol. The molecule has 6 heteroatoms. The molecule has 2 aromatic rings. The van der Waals surface area contributed by atoms with E-state index < -0.39 is 16.6 Å². The van der Waals surface area contributed by atoms with Crippen LogP contribution in [0.2, 0.25) is 36.3 Å². The molecule has 0 amide bonds. The number of hydrogen-bond donors (Lipinski definition) is 0. The van der Waals surface area contributed by atoms with Gasteiger partial charge in [0, 0.05) is 5.92 Å². The van der Waals surface area contributed by atoms with Gasteiger partial charge in [0.1, 0.15) is 0 Å². The minimum Gasteiger partial charge on any atom is -0.411 e. The van der Waals surface area contributed by atoms with Crippen LogP contribution in [0.15, 0.2) is 108 Å². The Morgan fingerprint density at radius 3 is 1.75 bits per heavy atom.